The minimum Gasteiger partial charge on any atom is -0.481 e. The number of piperidine rings is 1. The summed E-state index contributed by atoms with van der Waals surface area (Å²) in [5.41, 5.74) is 8.08. The smallest absolute Gasteiger partial charge is 0.254 e. The van der Waals surface area contributed by atoms with Crippen LogP contribution >= 0.6 is 0 Å². The van der Waals surface area contributed by atoms with Gasteiger partial charge in [0.05, 0.1) is 23.9 Å². The number of nitrogens with zero attached hydrogens (tertiary/aromatic N) is 3. The third-order valence-corrected chi connectivity index (χ3v) is 5.31. The van der Waals surface area contributed by atoms with E-state index in [-0.39, 0.29) is 11.8 Å². The van der Waals surface area contributed by atoms with Gasteiger partial charge in [-0.1, -0.05) is 18.2 Å². The predicted molar refractivity (Wildman–Crippen MR) is 109 cm³/mol. The highest BCUT2D eigenvalue weighted by atomic mass is 16.5. The first-order chi connectivity index (χ1) is 14.1. The largest absolute Gasteiger partial charge is 0.481 e. The van der Waals surface area contributed by atoms with Crippen molar-refractivity contribution in [2.24, 2.45) is 5.73 Å². The molecule has 1 aliphatic rings. The molecule has 1 unspecified atom stereocenters. The lowest BCUT2D eigenvalue weighted by atomic mass is 9.90. The lowest BCUT2D eigenvalue weighted by Crippen LogP contribution is -2.39. The Morgan fingerprint density at radius 3 is 2.83 bits per heavy atom. The standard InChI is InChI=1S/C22H22N4O3/c1-29-19-12-15(8-9-24-19)22(28)26-10-4-6-16(13-26)20-17(21(23)27)11-14-5-2-3-7-18(14)25-20/h2-3,5,7-9,11-12,16H,4,6,10,13H2,1H3,(H2,23,27). The number of amides is 2. The zero-order valence-electron chi connectivity index (χ0n) is 16.2. The number of fused-ring (bicyclic) bond motifs is 1. The van der Waals surface area contributed by atoms with Crippen LogP contribution in [0.3, 0.4) is 0 Å². The van der Waals surface area contributed by atoms with Gasteiger partial charge in [0.25, 0.3) is 11.8 Å². The first-order valence-electron chi connectivity index (χ1n) is 9.55. The Morgan fingerprint density at radius 1 is 1.21 bits per heavy atom. The number of ether oxygens (including phenoxy) is 1. The highest BCUT2D eigenvalue weighted by molar-refractivity contribution is 5.98. The molecule has 7 nitrogen and oxygen atoms in total. The molecule has 148 valence electrons. The molecule has 29 heavy (non-hydrogen) atoms. The van der Waals surface area contributed by atoms with Crippen molar-refractivity contribution in [2.45, 2.75) is 18.8 Å². The second-order valence-electron chi connectivity index (χ2n) is 7.16. The number of nitrogens with two attached hydrogens (primary N) is 1. The fourth-order valence-corrected chi connectivity index (χ4v) is 3.86. The lowest BCUT2D eigenvalue weighted by Gasteiger charge is -2.33. The fraction of sp³-hybridized carbons (Fsp3) is 0.273. The summed E-state index contributed by atoms with van der Waals surface area (Å²) in [6, 6.07) is 12.8. The number of primary amides is 1. The van der Waals surface area contributed by atoms with Crippen molar-refractivity contribution < 1.29 is 14.3 Å². The minimum absolute atomic E-state index is 0.0523. The zero-order chi connectivity index (χ0) is 20.4. The van der Waals surface area contributed by atoms with Gasteiger partial charge in [-0.2, -0.15) is 0 Å². The number of carbonyl (C=O) groups is 2. The van der Waals surface area contributed by atoms with E-state index in [2.05, 4.69) is 4.98 Å². The van der Waals surface area contributed by atoms with Crippen LogP contribution in [0.2, 0.25) is 0 Å². The van der Waals surface area contributed by atoms with Crippen LogP contribution in [-0.2, 0) is 0 Å². The molecule has 0 saturated carbocycles. The van der Waals surface area contributed by atoms with Crippen molar-refractivity contribution in [3.8, 4) is 5.88 Å². The third kappa shape index (κ3) is 3.76. The number of likely N-dealkylation sites (tertiary alicyclic amines) is 1. The molecule has 0 spiro atoms. The molecule has 0 radical (unpaired) electrons. The predicted octanol–water partition coefficient (Wildman–Crippen LogP) is 2.76. The summed E-state index contributed by atoms with van der Waals surface area (Å²) in [7, 11) is 1.52. The topological polar surface area (TPSA) is 98.4 Å². The van der Waals surface area contributed by atoms with E-state index in [1.807, 2.05) is 24.3 Å². The van der Waals surface area contributed by atoms with E-state index in [0.29, 0.717) is 35.8 Å². The molecule has 1 saturated heterocycles. The Bertz CT molecular complexity index is 1080. The number of aromatic nitrogens is 2. The number of pyridine rings is 2. The van der Waals surface area contributed by atoms with Crippen LogP contribution in [-0.4, -0.2) is 46.9 Å². The lowest BCUT2D eigenvalue weighted by molar-refractivity contribution is 0.0705. The van der Waals surface area contributed by atoms with Gasteiger partial charge in [0.2, 0.25) is 5.88 Å². The van der Waals surface area contributed by atoms with Crippen LogP contribution in [0.15, 0.2) is 48.7 Å². The molecule has 1 atom stereocenters. The van der Waals surface area contributed by atoms with Gasteiger partial charge >= 0.3 is 0 Å². The number of para-hydroxylation sites is 1. The molecule has 1 aliphatic heterocycles. The maximum Gasteiger partial charge on any atom is 0.254 e. The monoisotopic (exact) mass is 390 g/mol. The molecule has 2 amide bonds. The number of benzene rings is 1. The van der Waals surface area contributed by atoms with Gasteiger partial charge in [-0.25, -0.2) is 4.98 Å². The van der Waals surface area contributed by atoms with Crippen molar-refractivity contribution in [3.05, 3.63) is 65.5 Å². The number of hydrogen-bond acceptors (Lipinski definition) is 5. The highest BCUT2D eigenvalue weighted by Crippen LogP contribution is 2.30. The molecule has 2 aromatic heterocycles. The molecule has 0 bridgehead atoms. The summed E-state index contributed by atoms with van der Waals surface area (Å²) in [5, 5.41) is 0.873. The Morgan fingerprint density at radius 2 is 2.03 bits per heavy atom. The molecule has 7 heteroatoms. The Kier molecular flexibility index (Phi) is 5.12. The summed E-state index contributed by atoms with van der Waals surface area (Å²) in [6.07, 6.45) is 3.23. The van der Waals surface area contributed by atoms with E-state index in [1.54, 1.807) is 29.3 Å². The van der Waals surface area contributed by atoms with Crippen molar-refractivity contribution in [3.63, 3.8) is 0 Å². The average molecular weight is 390 g/mol. The molecular formula is C22H22N4O3. The van der Waals surface area contributed by atoms with Crippen LogP contribution in [0, 0.1) is 0 Å². The zero-order valence-corrected chi connectivity index (χ0v) is 16.2. The maximum atomic E-state index is 13.0. The van der Waals surface area contributed by atoms with Gasteiger partial charge in [0.15, 0.2) is 0 Å². The van der Waals surface area contributed by atoms with Crippen LogP contribution < -0.4 is 10.5 Å². The molecule has 1 aromatic carbocycles. The Labute approximate surface area is 168 Å². The second kappa shape index (κ2) is 7.87. The fourth-order valence-electron chi connectivity index (χ4n) is 3.86. The molecule has 3 aromatic rings. The Hall–Kier alpha value is -3.48. The quantitative estimate of drug-likeness (QED) is 0.739. The molecule has 3 heterocycles. The SMILES string of the molecule is COc1cc(C(=O)N2CCCC(c3nc4ccccc4cc3C(N)=O)C2)ccn1. The van der Waals surface area contributed by atoms with Gasteiger partial charge in [-0.15, -0.1) is 0 Å². The van der Waals surface area contributed by atoms with Crippen molar-refractivity contribution in [1.82, 2.24) is 14.9 Å². The third-order valence-electron chi connectivity index (χ3n) is 5.31. The van der Waals surface area contributed by atoms with Gasteiger partial charge in [0, 0.05) is 42.2 Å². The van der Waals surface area contributed by atoms with Crippen LogP contribution in [0.25, 0.3) is 10.9 Å². The average Bonchev–Trinajstić information content (AvgIpc) is 2.77. The summed E-state index contributed by atoms with van der Waals surface area (Å²) in [6.45, 7) is 1.13. The van der Waals surface area contributed by atoms with E-state index in [4.69, 9.17) is 15.5 Å². The van der Waals surface area contributed by atoms with E-state index in [0.717, 1.165) is 23.7 Å². The number of hydrogen-bond donors (Lipinski definition) is 1. The van der Waals surface area contributed by atoms with E-state index >= 15 is 0 Å². The first-order valence-corrected chi connectivity index (χ1v) is 9.55. The highest BCUT2D eigenvalue weighted by Gasteiger charge is 2.29. The molecular weight excluding hydrogens is 368 g/mol. The van der Waals surface area contributed by atoms with Gasteiger partial charge < -0.3 is 15.4 Å². The molecule has 0 aliphatic carbocycles. The minimum atomic E-state index is -0.499. The van der Waals surface area contributed by atoms with Crippen molar-refractivity contribution >= 4 is 22.7 Å². The number of methoxy groups -OCH3 is 1. The van der Waals surface area contributed by atoms with Gasteiger partial charge in [-0.3, -0.25) is 14.6 Å². The Balaban J connectivity index is 1.65. The number of rotatable bonds is 4. The van der Waals surface area contributed by atoms with Crippen LogP contribution in [0.1, 0.15) is 45.2 Å². The summed E-state index contributed by atoms with van der Waals surface area (Å²) in [5.74, 6) is -0.238. The molecule has 4 rings (SSSR count). The van der Waals surface area contributed by atoms with E-state index in [9.17, 15) is 9.59 Å². The molecule has 2 N–H and O–H groups in total. The van der Waals surface area contributed by atoms with Crippen molar-refractivity contribution in [2.75, 3.05) is 20.2 Å². The maximum absolute atomic E-state index is 13.0. The van der Waals surface area contributed by atoms with E-state index in [1.165, 1.54) is 7.11 Å². The molecule has 1 fully saturated rings. The van der Waals surface area contributed by atoms with Crippen molar-refractivity contribution in [1.29, 1.82) is 0 Å². The summed E-state index contributed by atoms with van der Waals surface area (Å²) >= 11 is 0. The van der Waals surface area contributed by atoms with Crippen LogP contribution in [0.5, 0.6) is 5.88 Å². The normalized spacial score (nSPS) is 16.6. The van der Waals surface area contributed by atoms with Gasteiger partial charge in [-0.05, 0) is 31.0 Å². The first kappa shape index (κ1) is 18.9. The van der Waals surface area contributed by atoms with Crippen LogP contribution in [0.4, 0.5) is 0 Å². The summed E-state index contributed by atoms with van der Waals surface area (Å²) in [4.78, 5) is 35.7. The number of carbonyl (C=O) groups excluding carboxylic acids is 2. The van der Waals surface area contributed by atoms with Gasteiger partial charge in [0.1, 0.15) is 0 Å². The second-order valence-corrected chi connectivity index (χ2v) is 7.16. The van der Waals surface area contributed by atoms with E-state index < -0.39 is 5.91 Å². The summed E-state index contributed by atoms with van der Waals surface area (Å²) < 4.78 is 5.12.